The number of rotatable bonds is 6. The van der Waals surface area contributed by atoms with Crippen LogP contribution >= 0.6 is 0 Å². The molecule has 9 nitrogen and oxygen atoms in total. The van der Waals surface area contributed by atoms with E-state index in [1.54, 1.807) is 29.4 Å². The third-order valence-corrected chi connectivity index (χ3v) is 6.54. The van der Waals surface area contributed by atoms with Crippen LogP contribution in [-0.2, 0) is 10.0 Å². The number of carbonyl (C=O) groups is 1. The average molecular weight is 417 g/mol. The van der Waals surface area contributed by atoms with Crippen LogP contribution in [0.15, 0.2) is 41.6 Å². The van der Waals surface area contributed by atoms with Gasteiger partial charge in [-0.25, -0.2) is 23.1 Å². The Kier molecular flexibility index (Phi) is 5.37. The number of benzene rings is 1. The predicted octanol–water partition coefficient (Wildman–Crippen LogP) is 0.888. The normalized spacial score (nSPS) is 17.3. The minimum absolute atomic E-state index is 0.00549. The third kappa shape index (κ3) is 4.33. The number of hydrogen-bond acceptors (Lipinski definition) is 7. The van der Waals surface area contributed by atoms with Gasteiger partial charge in [0.15, 0.2) is 0 Å². The van der Waals surface area contributed by atoms with Crippen molar-refractivity contribution in [3.8, 4) is 5.75 Å². The fourth-order valence-corrected chi connectivity index (χ4v) is 4.75. The Morgan fingerprint density at radius 1 is 1.14 bits per heavy atom. The highest BCUT2D eigenvalue weighted by atomic mass is 32.2. The zero-order chi connectivity index (χ0) is 20.4. The first kappa shape index (κ1) is 19.6. The number of nitrogens with one attached hydrogen (secondary N) is 1. The zero-order valence-electron chi connectivity index (χ0n) is 16.1. The smallest absolute Gasteiger partial charge is 0.254 e. The molecule has 0 spiro atoms. The van der Waals surface area contributed by atoms with E-state index in [2.05, 4.69) is 14.7 Å². The van der Waals surface area contributed by atoms with E-state index in [1.807, 2.05) is 4.90 Å². The second-order valence-electron chi connectivity index (χ2n) is 7.09. The van der Waals surface area contributed by atoms with Gasteiger partial charge in [-0.15, -0.1) is 0 Å². The molecule has 10 heteroatoms. The quantitative estimate of drug-likeness (QED) is 0.744. The number of anilines is 1. The molecule has 1 aromatic heterocycles. The van der Waals surface area contributed by atoms with Crippen LogP contribution in [0.3, 0.4) is 0 Å². The predicted molar refractivity (Wildman–Crippen MR) is 106 cm³/mol. The minimum atomic E-state index is -3.74. The van der Waals surface area contributed by atoms with Crippen LogP contribution in [0, 0.1) is 0 Å². The molecule has 0 atom stereocenters. The maximum Gasteiger partial charge on any atom is 0.254 e. The number of piperazine rings is 1. The Hall–Kier alpha value is -2.72. The van der Waals surface area contributed by atoms with Gasteiger partial charge in [0.1, 0.15) is 10.6 Å². The summed E-state index contributed by atoms with van der Waals surface area (Å²) in [5, 5.41) is 0. The first-order valence-corrected chi connectivity index (χ1v) is 11.0. The molecule has 2 fully saturated rings. The van der Waals surface area contributed by atoms with Crippen molar-refractivity contribution in [3.63, 3.8) is 0 Å². The molecule has 1 amide bonds. The Morgan fingerprint density at radius 2 is 1.83 bits per heavy atom. The Labute approximate surface area is 169 Å². The molecule has 2 heterocycles. The number of amides is 1. The third-order valence-electron chi connectivity index (χ3n) is 5.00. The van der Waals surface area contributed by atoms with Crippen LogP contribution in [0.5, 0.6) is 5.75 Å². The van der Waals surface area contributed by atoms with Crippen LogP contribution in [0.2, 0.25) is 0 Å². The number of carbonyl (C=O) groups excluding carboxylic acids is 1. The van der Waals surface area contributed by atoms with Gasteiger partial charge in [-0.05, 0) is 37.1 Å². The highest BCUT2D eigenvalue weighted by Crippen LogP contribution is 2.29. The minimum Gasteiger partial charge on any atom is -0.495 e. The van der Waals surface area contributed by atoms with Gasteiger partial charge in [-0.2, -0.15) is 0 Å². The lowest BCUT2D eigenvalue weighted by molar-refractivity contribution is 0.0746. The summed E-state index contributed by atoms with van der Waals surface area (Å²) in [7, 11) is -2.33. The van der Waals surface area contributed by atoms with Crippen LogP contribution in [0.4, 0.5) is 5.95 Å². The number of aromatic nitrogens is 2. The van der Waals surface area contributed by atoms with Crippen molar-refractivity contribution in [3.05, 3.63) is 42.2 Å². The van der Waals surface area contributed by atoms with Crippen molar-refractivity contribution in [1.29, 1.82) is 0 Å². The lowest BCUT2D eigenvalue weighted by atomic mass is 10.1. The van der Waals surface area contributed by atoms with Crippen molar-refractivity contribution in [2.45, 2.75) is 23.8 Å². The summed E-state index contributed by atoms with van der Waals surface area (Å²) >= 11 is 0. The molecule has 154 valence electrons. The van der Waals surface area contributed by atoms with Gasteiger partial charge in [0.25, 0.3) is 5.91 Å². The molecule has 2 aliphatic rings. The summed E-state index contributed by atoms with van der Waals surface area (Å²) in [5.74, 6) is 0.661. The Balaban J connectivity index is 1.49. The van der Waals surface area contributed by atoms with Crippen molar-refractivity contribution in [2.24, 2.45) is 0 Å². The maximum absolute atomic E-state index is 13.0. The van der Waals surface area contributed by atoms with E-state index in [0.29, 0.717) is 37.7 Å². The monoisotopic (exact) mass is 417 g/mol. The van der Waals surface area contributed by atoms with Crippen LogP contribution in [0.1, 0.15) is 23.2 Å². The highest BCUT2D eigenvalue weighted by molar-refractivity contribution is 7.89. The summed E-state index contributed by atoms with van der Waals surface area (Å²) in [6, 6.07) is 6.26. The summed E-state index contributed by atoms with van der Waals surface area (Å²) < 4.78 is 33.2. The van der Waals surface area contributed by atoms with Crippen LogP contribution < -0.4 is 14.4 Å². The van der Waals surface area contributed by atoms with E-state index in [9.17, 15) is 13.2 Å². The van der Waals surface area contributed by atoms with Gasteiger partial charge in [0.2, 0.25) is 16.0 Å². The number of sulfonamides is 1. The summed E-state index contributed by atoms with van der Waals surface area (Å²) in [4.78, 5) is 25.2. The molecule has 2 aromatic rings. The van der Waals surface area contributed by atoms with Crippen LogP contribution in [0.25, 0.3) is 0 Å². The lowest BCUT2D eigenvalue weighted by Crippen LogP contribution is -2.49. The van der Waals surface area contributed by atoms with Gasteiger partial charge in [-0.1, -0.05) is 0 Å². The van der Waals surface area contributed by atoms with Crippen molar-refractivity contribution < 1.29 is 17.9 Å². The summed E-state index contributed by atoms with van der Waals surface area (Å²) in [6.45, 7) is 2.23. The zero-order valence-corrected chi connectivity index (χ0v) is 16.9. The standard InChI is InChI=1S/C19H23N5O4S/c1-28-16-6-3-14(13-17(16)29(26,27)22-15-4-5-15)18(25)23-9-11-24(12-10-23)19-20-7-2-8-21-19/h2-3,6-8,13,15,22H,4-5,9-12H2,1H3. The number of ether oxygens (including phenoxy) is 1. The Bertz CT molecular complexity index is 987. The number of nitrogens with zero attached hydrogens (tertiary/aromatic N) is 4. The maximum atomic E-state index is 13.0. The molecule has 29 heavy (non-hydrogen) atoms. The SMILES string of the molecule is COc1ccc(C(=O)N2CCN(c3ncccn3)CC2)cc1S(=O)(=O)NC1CC1. The lowest BCUT2D eigenvalue weighted by Gasteiger charge is -2.34. The van der Waals surface area contributed by atoms with E-state index in [1.165, 1.54) is 19.2 Å². The van der Waals surface area contributed by atoms with Gasteiger partial charge in [0, 0.05) is 50.2 Å². The number of methoxy groups -OCH3 is 1. The molecule has 1 aliphatic carbocycles. The topological polar surface area (TPSA) is 105 Å². The Morgan fingerprint density at radius 3 is 2.45 bits per heavy atom. The van der Waals surface area contributed by atoms with Crippen molar-refractivity contribution in [1.82, 2.24) is 19.6 Å². The molecule has 1 N–H and O–H groups in total. The van der Waals surface area contributed by atoms with Crippen molar-refractivity contribution >= 4 is 21.9 Å². The largest absolute Gasteiger partial charge is 0.495 e. The van der Waals surface area contributed by atoms with Gasteiger partial charge >= 0.3 is 0 Å². The van der Waals surface area contributed by atoms with Gasteiger partial charge in [-0.3, -0.25) is 4.79 Å². The molecule has 4 rings (SSSR count). The number of hydrogen-bond donors (Lipinski definition) is 1. The van der Waals surface area contributed by atoms with E-state index in [4.69, 9.17) is 4.74 Å². The van der Waals surface area contributed by atoms with Crippen molar-refractivity contribution in [2.75, 3.05) is 38.2 Å². The second kappa shape index (κ2) is 7.96. The molecule has 0 radical (unpaired) electrons. The van der Waals surface area contributed by atoms with E-state index >= 15 is 0 Å². The van der Waals surface area contributed by atoms with E-state index < -0.39 is 10.0 Å². The molecule has 1 aromatic carbocycles. The van der Waals surface area contributed by atoms with Gasteiger partial charge in [0.05, 0.1) is 7.11 Å². The molecular weight excluding hydrogens is 394 g/mol. The fraction of sp³-hybridized carbons (Fsp3) is 0.421. The molecular formula is C19H23N5O4S. The average Bonchev–Trinajstić information content (AvgIpc) is 3.57. The molecule has 0 unspecified atom stereocenters. The first-order valence-electron chi connectivity index (χ1n) is 9.49. The highest BCUT2D eigenvalue weighted by Gasteiger charge is 2.31. The molecule has 1 saturated carbocycles. The summed E-state index contributed by atoms with van der Waals surface area (Å²) in [5.41, 5.74) is 0.325. The van der Waals surface area contributed by atoms with Crippen LogP contribution in [-0.4, -0.2) is 68.5 Å². The first-order chi connectivity index (χ1) is 14.0. The van der Waals surface area contributed by atoms with E-state index in [-0.39, 0.29) is 22.6 Å². The van der Waals surface area contributed by atoms with E-state index in [0.717, 1.165) is 12.8 Å². The molecule has 1 saturated heterocycles. The summed E-state index contributed by atoms with van der Waals surface area (Å²) in [6.07, 6.45) is 5.04. The fourth-order valence-electron chi connectivity index (χ4n) is 3.25. The van der Waals surface area contributed by atoms with Gasteiger partial charge < -0.3 is 14.5 Å². The molecule has 1 aliphatic heterocycles. The molecule has 0 bridgehead atoms. The second-order valence-corrected chi connectivity index (χ2v) is 8.77.